The van der Waals surface area contributed by atoms with Crippen LogP contribution in [0.4, 0.5) is 0 Å². The molecular formula is C16H20N2. The van der Waals surface area contributed by atoms with Gasteiger partial charge in [0.2, 0.25) is 0 Å². The van der Waals surface area contributed by atoms with Crippen LogP contribution in [0.15, 0.2) is 36.5 Å². The van der Waals surface area contributed by atoms with E-state index in [9.17, 15) is 0 Å². The Morgan fingerprint density at radius 2 is 2.11 bits per heavy atom. The number of nitrogens with zero attached hydrogens (tertiary/aromatic N) is 1. The van der Waals surface area contributed by atoms with Crippen LogP contribution in [0.2, 0.25) is 0 Å². The first-order valence-corrected chi connectivity index (χ1v) is 6.84. The predicted octanol–water partition coefficient (Wildman–Crippen LogP) is 3.60. The lowest BCUT2D eigenvalue weighted by Gasteiger charge is -2.39. The van der Waals surface area contributed by atoms with Crippen LogP contribution in [-0.2, 0) is 5.54 Å². The molecule has 0 spiro atoms. The van der Waals surface area contributed by atoms with Gasteiger partial charge in [0.1, 0.15) is 0 Å². The first-order chi connectivity index (χ1) is 8.70. The maximum atomic E-state index is 6.67. The Hall–Kier alpha value is -1.41. The molecule has 0 saturated heterocycles. The molecule has 2 unspecified atom stereocenters. The largest absolute Gasteiger partial charge is 0.321 e. The maximum Gasteiger partial charge on any atom is 0.0702 e. The van der Waals surface area contributed by atoms with E-state index >= 15 is 0 Å². The number of hydrogen-bond acceptors (Lipinski definition) is 2. The van der Waals surface area contributed by atoms with E-state index in [1.165, 1.54) is 30.2 Å². The molecule has 2 aromatic rings. The third kappa shape index (κ3) is 1.81. The van der Waals surface area contributed by atoms with E-state index < -0.39 is 0 Å². The number of pyridine rings is 1. The normalized spacial score (nSPS) is 28.4. The van der Waals surface area contributed by atoms with Crippen LogP contribution in [0.3, 0.4) is 0 Å². The van der Waals surface area contributed by atoms with Gasteiger partial charge in [-0.15, -0.1) is 0 Å². The summed E-state index contributed by atoms with van der Waals surface area (Å²) in [6.45, 7) is 2.27. The molecule has 18 heavy (non-hydrogen) atoms. The summed E-state index contributed by atoms with van der Waals surface area (Å²) in [6, 6.07) is 10.5. The molecular weight excluding hydrogens is 220 g/mol. The van der Waals surface area contributed by atoms with Gasteiger partial charge in [0.25, 0.3) is 0 Å². The van der Waals surface area contributed by atoms with Crippen LogP contribution in [0.5, 0.6) is 0 Å². The minimum absolute atomic E-state index is 0.185. The van der Waals surface area contributed by atoms with Crippen molar-refractivity contribution in [3.05, 3.63) is 42.1 Å². The molecule has 2 N–H and O–H groups in total. The second-order valence-electron chi connectivity index (χ2n) is 5.60. The first-order valence-electron chi connectivity index (χ1n) is 6.84. The highest BCUT2D eigenvalue weighted by Crippen LogP contribution is 2.39. The molecule has 1 aromatic carbocycles. The fourth-order valence-corrected chi connectivity index (χ4v) is 3.13. The zero-order chi connectivity index (χ0) is 12.6. The molecule has 1 saturated carbocycles. The van der Waals surface area contributed by atoms with Crippen molar-refractivity contribution in [2.45, 2.75) is 38.1 Å². The van der Waals surface area contributed by atoms with Crippen molar-refractivity contribution in [2.75, 3.05) is 0 Å². The van der Waals surface area contributed by atoms with Crippen molar-refractivity contribution in [1.29, 1.82) is 0 Å². The molecule has 1 aliphatic carbocycles. The van der Waals surface area contributed by atoms with Gasteiger partial charge >= 0.3 is 0 Å². The average molecular weight is 240 g/mol. The number of benzene rings is 1. The molecule has 0 aliphatic heterocycles. The molecule has 0 amide bonds. The highest BCUT2D eigenvalue weighted by molar-refractivity contribution is 5.79. The van der Waals surface area contributed by atoms with E-state index in [1.807, 2.05) is 18.3 Å². The monoisotopic (exact) mass is 240 g/mol. The van der Waals surface area contributed by atoms with E-state index in [1.54, 1.807) is 0 Å². The fourth-order valence-electron chi connectivity index (χ4n) is 3.13. The SMILES string of the molecule is CC1CCCCC1(N)c1cnc2ccccc2c1. The molecule has 2 heteroatoms. The van der Waals surface area contributed by atoms with E-state index in [-0.39, 0.29) is 5.54 Å². The number of fused-ring (bicyclic) bond motifs is 1. The van der Waals surface area contributed by atoms with Gasteiger partial charge < -0.3 is 5.73 Å². The minimum atomic E-state index is -0.185. The Morgan fingerprint density at radius 1 is 1.28 bits per heavy atom. The number of nitrogens with two attached hydrogens (primary N) is 1. The van der Waals surface area contributed by atoms with Crippen molar-refractivity contribution in [1.82, 2.24) is 4.98 Å². The number of para-hydroxylation sites is 1. The quantitative estimate of drug-likeness (QED) is 0.827. The number of rotatable bonds is 1. The van der Waals surface area contributed by atoms with Crippen molar-refractivity contribution in [2.24, 2.45) is 11.7 Å². The van der Waals surface area contributed by atoms with Crippen LogP contribution in [0.25, 0.3) is 10.9 Å². The van der Waals surface area contributed by atoms with Gasteiger partial charge in [0, 0.05) is 17.1 Å². The Balaban J connectivity index is 2.07. The summed E-state index contributed by atoms with van der Waals surface area (Å²) in [5.74, 6) is 0.536. The lowest BCUT2D eigenvalue weighted by atomic mass is 9.70. The topological polar surface area (TPSA) is 38.9 Å². The number of aromatic nitrogens is 1. The van der Waals surface area contributed by atoms with Crippen molar-refractivity contribution in [3.8, 4) is 0 Å². The molecule has 94 valence electrons. The van der Waals surface area contributed by atoms with E-state index in [0.717, 1.165) is 11.9 Å². The zero-order valence-corrected chi connectivity index (χ0v) is 10.9. The molecule has 2 nitrogen and oxygen atoms in total. The predicted molar refractivity (Wildman–Crippen MR) is 75.2 cm³/mol. The lowest BCUT2D eigenvalue weighted by Crippen LogP contribution is -2.45. The summed E-state index contributed by atoms with van der Waals surface area (Å²) in [5, 5.41) is 1.19. The zero-order valence-electron chi connectivity index (χ0n) is 10.9. The van der Waals surface area contributed by atoms with Crippen molar-refractivity contribution < 1.29 is 0 Å². The van der Waals surface area contributed by atoms with E-state index in [0.29, 0.717) is 5.92 Å². The summed E-state index contributed by atoms with van der Waals surface area (Å²) >= 11 is 0. The second-order valence-corrected chi connectivity index (χ2v) is 5.60. The fraction of sp³-hybridized carbons (Fsp3) is 0.438. The van der Waals surface area contributed by atoms with Crippen LogP contribution < -0.4 is 5.73 Å². The van der Waals surface area contributed by atoms with Gasteiger partial charge in [-0.1, -0.05) is 38.0 Å². The molecule has 1 heterocycles. The van der Waals surface area contributed by atoms with Crippen molar-refractivity contribution in [3.63, 3.8) is 0 Å². The summed E-state index contributed by atoms with van der Waals surface area (Å²) < 4.78 is 0. The Morgan fingerprint density at radius 3 is 2.94 bits per heavy atom. The highest BCUT2D eigenvalue weighted by atomic mass is 14.8. The standard InChI is InChI=1S/C16H20N2/c1-12-6-4-5-9-16(12,17)14-10-13-7-2-3-8-15(13)18-11-14/h2-3,7-8,10-12H,4-6,9,17H2,1H3. The smallest absolute Gasteiger partial charge is 0.0702 e. The van der Waals surface area contributed by atoms with Crippen LogP contribution >= 0.6 is 0 Å². The molecule has 2 atom stereocenters. The molecule has 1 aromatic heterocycles. The highest BCUT2D eigenvalue weighted by Gasteiger charge is 2.36. The molecule has 0 radical (unpaired) electrons. The first kappa shape index (κ1) is 11.7. The van der Waals surface area contributed by atoms with Gasteiger partial charge in [-0.25, -0.2) is 0 Å². The van der Waals surface area contributed by atoms with Gasteiger partial charge in [-0.05, 0) is 36.5 Å². The third-order valence-electron chi connectivity index (χ3n) is 4.48. The average Bonchev–Trinajstić information content (AvgIpc) is 2.42. The molecule has 1 fully saturated rings. The van der Waals surface area contributed by atoms with Crippen LogP contribution in [0, 0.1) is 5.92 Å². The van der Waals surface area contributed by atoms with Gasteiger partial charge in [-0.2, -0.15) is 0 Å². The van der Waals surface area contributed by atoms with E-state index in [4.69, 9.17) is 5.73 Å². The summed E-state index contributed by atoms with van der Waals surface area (Å²) in [7, 11) is 0. The van der Waals surface area contributed by atoms with Crippen LogP contribution in [0.1, 0.15) is 38.2 Å². The molecule has 0 bridgehead atoms. The van der Waals surface area contributed by atoms with Crippen LogP contribution in [-0.4, -0.2) is 4.98 Å². The number of hydrogen-bond donors (Lipinski definition) is 1. The van der Waals surface area contributed by atoms with Gasteiger partial charge in [0.15, 0.2) is 0 Å². The minimum Gasteiger partial charge on any atom is -0.321 e. The second kappa shape index (κ2) is 4.36. The molecule has 3 rings (SSSR count). The summed E-state index contributed by atoms with van der Waals surface area (Å²) in [4.78, 5) is 4.56. The van der Waals surface area contributed by atoms with Gasteiger partial charge in [0.05, 0.1) is 5.52 Å². The Bertz CT molecular complexity index is 564. The third-order valence-corrected chi connectivity index (χ3v) is 4.48. The maximum absolute atomic E-state index is 6.67. The van der Waals surface area contributed by atoms with Crippen molar-refractivity contribution >= 4 is 10.9 Å². The summed E-state index contributed by atoms with van der Waals surface area (Å²) in [5.41, 5.74) is 8.74. The molecule has 1 aliphatic rings. The van der Waals surface area contributed by atoms with Gasteiger partial charge in [-0.3, -0.25) is 4.98 Å². The summed E-state index contributed by atoms with van der Waals surface area (Å²) in [6.07, 6.45) is 6.82. The lowest BCUT2D eigenvalue weighted by molar-refractivity contribution is 0.206. The Kier molecular flexibility index (Phi) is 2.83. The van der Waals surface area contributed by atoms with E-state index in [2.05, 4.69) is 30.1 Å². The Labute approximate surface area is 108 Å².